The summed E-state index contributed by atoms with van der Waals surface area (Å²) in [6.45, 7) is 0. The van der Waals surface area contributed by atoms with Gasteiger partial charge in [-0.15, -0.1) is 0 Å². The molecule has 0 bridgehead atoms. The number of nitrogens with zero attached hydrogens (tertiary/aromatic N) is 4. The summed E-state index contributed by atoms with van der Waals surface area (Å²) in [5, 5.41) is 51.1. The van der Waals surface area contributed by atoms with Gasteiger partial charge in [-0.2, -0.15) is 0 Å². The summed E-state index contributed by atoms with van der Waals surface area (Å²) in [5.74, 6) is 0. The van der Waals surface area contributed by atoms with Gasteiger partial charge < -0.3 is 30.1 Å². The molecule has 0 saturated heterocycles. The molecule has 0 radical (unpaired) electrons. The SMILES string of the molecule is OB(O)c1cccnc1.OB(O)c1ccncc1.OB(O)c1ncccn1. The van der Waals surface area contributed by atoms with Gasteiger partial charge in [0.25, 0.3) is 0 Å². The van der Waals surface area contributed by atoms with Crippen molar-refractivity contribution in [3.8, 4) is 0 Å². The zero-order valence-corrected chi connectivity index (χ0v) is 14.1. The molecule has 3 aromatic heterocycles. The Hall–Kier alpha value is -2.67. The second kappa shape index (κ2) is 12.6. The summed E-state index contributed by atoms with van der Waals surface area (Å²) < 4.78 is 0. The van der Waals surface area contributed by atoms with Crippen LogP contribution in [0.15, 0.2) is 67.5 Å². The molecule has 0 aliphatic heterocycles. The van der Waals surface area contributed by atoms with Gasteiger partial charge in [0.1, 0.15) is 0 Å². The Morgan fingerprint density at radius 1 is 0.556 bits per heavy atom. The van der Waals surface area contributed by atoms with Crippen molar-refractivity contribution in [3.05, 3.63) is 67.5 Å². The van der Waals surface area contributed by atoms with E-state index in [0.29, 0.717) is 10.9 Å². The van der Waals surface area contributed by atoms with E-state index in [2.05, 4.69) is 19.9 Å². The lowest BCUT2D eigenvalue weighted by molar-refractivity contribution is 0.422. The van der Waals surface area contributed by atoms with Gasteiger partial charge >= 0.3 is 21.4 Å². The van der Waals surface area contributed by atoms with Gasteiger partial charge in [-0.05, 0) is 29.7 Å². The number of rotatable bonds is 3. The number of hydrogen-bond donors (Lipinski definition) is 6. The molecule has 0 spiro atoms. The van der Waals surface area contributed by atoms with E-state index in [1.807, 2.05) is 0 Å². The normalized spacial score (nSPS) is 9.11. The molecule has 3 rings (SSSR count). The summed E-state index contributed by atoms with van der Waals surface area (Å²) in [7, 11) is -4.35. The Morgan fingerprint density at radius 3 is 1.48 bits per heavy atom. The minimum Gasteiger partial charge on any atom is -0.423 e. The van der Waals surface area contributed by atoms with Crippen molar-refractivity contribution in [1.29, 1.82) is 0 Å². The Balaban J connectivity index is 0.000000202. The molecule has 3 heterocycles. The topological polar surface area (TPSA) is 173 Å². The lowest BCUT2D eigenvalue weighted by Crippen LogP contribution is -2.34. The molecular weight excluding hydrogens is 353 g/mol. The van der Waals surface area contributed by atoms with E-state index in [9.17, 15) is 0 Å². The lowest BCUT2D eigenvalue weighted by atomic mass is 9.81. The van der Waals surface area contributed by atoms with E-state index in [0.717, 1.165) is 0 Å². The fourth-order valence-electron chi connectivity index (χ4n) is 1.51. The van der Waals surface area contributed by atoms with Gasteiger partial charge in [-0.25, -0.2) is 9.97 Å². The third-order valence-corrected chi connectivity index (χ3v) is 2.80. The molecule has 3 aromatic rings. The second-order valence-electron chi connectivity index (χ2n) is 4.79. The van der Waals surface area contributed by atoms with Crippen molar-refractivity contribution in [2.24, 2.45) is 0 Å². The molecule has 13 heteroatoms. The smallest absolute Gasteiger partial charge is 0.423 e. The zero-order valence-electron chi connectivity index (χ0n) is 14.1. The molecule has 0 atom stereocenters. The van der Waals surface area contributed by atoms with E-state index in [4.69, 9.17) is 30.1 Å². The molecule has 138 valence electrons. The Bertz CT molecular complexity index is 638. The lowest BCUT2D eigenvalue weighted by Gasteiger charge is -1.93. The number of aromatic nitrogens is 4. The van der Waals surface area contributed by atoms with Crippen LogP contribution in [0.2, 0.25) is 0 Å². The first-order chi connectivity index (χ1) is 12.9. The molecule has 0 unspecified atom stereocenters. The first kappa shape index (κ1) is 22.4. The summed E-state index contributed by atoms with van der Waals surface area (Å²) >= 11 is 0. The highest BCUT2D eigenvalue weighted by Crippen LogP contribution is 1.78. The third-order valence-electron chi connectivity index (χ3n) is 2.80. The van der Waals surface area contributed by atoms with Crippen molar-refractivity contribution < 1.29 is 30.1 Å². The van der Waals surface area contributed by atoms with Crippen molar-refractivity contribution in [3.63, 3.8) is 0 Å². The molecule has 0 saturated carbocycles. The van der Waals surface area contributed by atoms with E-state index in [-0.39, 0.29) is 5.72 Å². The van der Waals surface area contributed by atoms with Crippen LogP contribution in [0.1, 0.15) is 0 Å². The van der Waals surface area contributed by atoms with Crippen LogP contribution in [0.3, 0.4) is 0 Å². The molecule has 0 aliphatic rings. The maximum Gasteiger partial charge on any atom is 0.528 e. The maximum atomic E-state index is 8.55. The third kappa shape index (κ3) is 9.56. The average Bonchev–Trinajstić information content (AvgIpc) is 2.71. The van der Waals surface area contributed by atoms with Crippen LogP contribution in [0.4, 0.5) is 0 Å². The molecule has 10 nitrogen and oxygen atoms in total. The Kier molecular flexibility index (Phi) is 10.5. The van der Waals surface area contributed by atoms with E-state index in [1.54, 1.807) is 36.5 Å². The Morgan fingerprint density at radius 2 is 1.15 bits per heavy atom. The Labute approximate surface area is 156 Å². The van der Waals surface area contributed by atoms with Crippen molar-refractivity contribution in [2.75, 3.05) is 0 Å². The summed E-state index contributed by atoms with van der Waals surface area (Å²) in [5.41, 5.74) is 0.903. The highest BCUT2D eigenvalue weighted by atomic mass is 16.4. The van der Waals surface area contributed by atoms with Gasteiger partial charge in [0.15, 0.2) is 5.72 Å². The van der Waals surface area contributed by atoms with Crippen LogP contribution in [-0.2, 0) is 0 Å². The molecule has 0 fully saturated rings. The van der Waals surface area contributed by atoms with Crippen LogP contribution in [0, 0.1) is 0 Å². The van der Waals surface area contributed by atoms with Crippen molar-refractivity contribution in [2.45, 2.75) is 0 Å². The highest BCUT2D eigenvalue weighted by molar-refractivity contribution is 6.58. The standard InChI is InChI=1S/2C5H6BNO2.C4H5BN2O2/c8-6(9)5-1-3-7-4-2-5;8-6(9)5-2-1-3-7-4-5;8-5(9)4-6-2-1-3-7-4/h2*1-4,8-9H;1-3,8-9H. The minimum absolute atomic E-state index is 0.0255. The minimum atomic E-state index is -1.56. The first-order valence-electron chi connectivity index (χ1n) is 7.57. The molecule has 0 aliphatic carbocycles. The largest absolute Gasteiger partial charge is 0.528 e. The average molecular weight is 370 g/mol. The molecular formula is C14H17B3N4O6. The molecule has 0 amide bonds. The van der Waals surface area contributed by atoms with Gasteiger partial charge in [-0.3, -0.25) is 9.97 Å². The number of hydrogen-bond acceptors (Lipinski definition) is 10. The predicted molar refractivity (Wildman–Crippen MR) is 100.0 cm³/mol. The highest BCUT2D eigenvalue weighted by Gasteiger charge is 2.12. The summed E-state index contributed by atoms with van der Waals surface area (Å²) in [6.07, 6.45) is 8.89. The summed E-state index contributed by atoms with van der Waals surface area (Å²) in [6, 6.07) is 7.94. The fourth-order valence-corrected chi connectivity index (χ4v) is 1.51. The van der Waals surface area contributed by atoms with Gasteiger partial charge in [0.05, 0.1) is 0 Å². The predicted octanol–water partition coefficient (Wildman–Crippen LogP) is -4.32. The van der Waals surface area contributed by atoms with Gasteiger partial charge in [-0.1, -0.05) is 6.07 Å². The van der Waals surface area contributed by atoms with Crippen molar-refractivity contribution >= 4 is 38.0 Å². The van der Waals surface area contributed by atoms with E-state index < -0.39 is 21.4 Å². The zero-order chi connectivity index (χ0) is 20.1. The quantitative estimate of drug-likeness (QED) is 0.248. The molecule has 27 heavy (non-hydrogen) atoms. The van der Waals surface area contributed by atoms with E-state index in [1.165, 1.54) is 31.0 Å². The van der Waals surface area contributed by atoms with E-state index >= 15 is 0 Å². The van der Waals surface area contributed by atoms with Crippen LogP contribution in [-0.4, -0.2) is 71.4 Å². The first-order valence-corrected chi connectivity index (χ1v) is 7.57. The van der Waals surface area contributed by atoms with Gasteiger partial charge in [0, 0.05) is 42.6 Å². The molecule has 6 N–H and O–H groups in total. The molecule has 0 aromatic carbocycles. The second-order valence-corrected chi connectivity index (χ2v) is 4.79. The van der Waals surface area contributed by atoms with Crippen LogP contribution in [0.5, 0.6) is 0 Å². The fraction of sp³-hybridized carbons (Fsp3) is 0. The monoisotopic (exact) mass is 370 g/mol. The van der Waals surface area contributed by atoms with Crippen LogP contribution in [0.25, 0.3) is 0 Å². The van der Waals surface area contributed by atoms with Crippen LogP contribution >= 0.6 is 0 Å². The maximum absolute atomic E-state index is 8.55. The summed E-state index contributed by atoms with van der Waals surface area (Å²) in [4.78, 5) is 14.5. The number of pyridine rings is 2. The van der Waals surface area contributed by atoms with Gasteiger partial charge in [0.2, 0.25) is 0 Å². The van der Waals surface area contributed by atoms with Crippen LogP contribution < -0.4 is 16.6 Å². The van der Waals surface area contributed by atoms with Crippen molar-refractivity contribution in [1.82, 2.24) is 19.9 Å².